The SMILES string of the molecule is CCOC(=O)CC(=O)Nc1cc(C)c(Cc2ccc(O)c(C(C)C)c2)c2c1CCC2. The molecular formula is C25H31NO4. The van der Waals surface area contributed by atoms with E-state index in [0.29, 0.717) is 5.75 Å². The third-order valence-electron chi connectivity index (χ3n) is 5.72. The van der Waals surface area contributed by atoms with Gasteiger partial charge in [0.1, 0.15) is 12.2 Å². The maximum atomic E-state index is 12.3. The van der Waals surface area contributed by atoms with Gasteiger partial charge in [0.15, 0.2) is 0 Å². The second-order valence-electron chi connectivity index (χ2n) is 8.28. The van der Waals surface area contributed by atoms with Crippen molar-refractivity contribution in [1.82, 2.24) is 0 Å². The lowest BCUT2D eigenvalue weighted by Gasteiger charge is -2.18. The molecule has 0 fully saturated rings. The van der Waals surface area contributed by atoms with E-state index in [9.17, 15) is 14.7 Å². The van der Waals surface area contributed by atoms with E-state index in [1.165, 1.54) is 22.3 Å². The molecular weight excluding hydrogens is 378 g/mol. The number of carbonyl (C=O) groups excluding carboxylic acids is 2. The van der Waals surface area contributed by atoms with Crippen LogP contribution in [0.25, 0.3) is 0 Å². The van der Waals surface area contributed by atoms with Crippen LogP contribution in [0, 0.1) is 6.92 Å². The zero-order valence-corrected chi connectivity index (χ0v) is 18.3. The van der Waals surface area contributed by atoms with Gasteiger partial charge < -0.3 is 15.2 Å². The Morgan fingerprint density at radius 3 is 2.60 bits per heavy atom. The summed E-state index contributed by atoms with van der Waals surface area (Å²) in [5, 5.41) is 13.0. The van der Waals surface area contributed by atoms with E-state index in [2.05, 4.69) is 32.2 Å². The molecule has 30 heavy (non-hydrogen) atoms. The summed E-state index contributed by atoms with van der Waals surface area (Å²) in [4.78, 5) is 23.9. The van der Waals surface area contributed by atoms with Crippen LogP contribution in [-0.2, 0) is 33.6 Å². The molecule has 5 nitrogen and oxygen atoms in total. The number of hydrogen-bond acceptors (Lipinski definition) is 4. The van der Waals surface area contributed by atoms with Crippen LogP contribution in [0.1, 0.15) is 72.9 Å². The molecule has 2 N–H and O–H groups in total. The fraction of sp³-hybridized carbons (Fsp3) is 0.440. The van der Waals surface area contributed by atoms with Gasteiger partial charge in [0.25, 0.3) is 0 Å². The molecule has 1 aliphatic carbocycles. The van der Waals surface area contributed by atoms with Gasteiger partial charge in [0.2, 0.25) is 5.91 Å². The zero-order valence-electron chi connectivity index (χ0n) is 18.3. The number of phenols is 1. The summed E-state index contributed by atoms with van der Waals surface area (Å²) in [6.07, 6.45) is 3.49. The van der Waals surface area contributed by atoms with Crippen LogP contribution < -0.4 is 5.32 Å². The van der Waals surface area contributed by atoms with Gasteiger partial charge in [-0.3, -0.25) is 9.59 Å². The number of ether oxygens (including phenoxy) is 1. The molecule has 0 atom stereocenters. The van der Waals surface area contributed by atoms with Crippen LogP contribution >= 0.6 is 0 Å². The molecule has 2 aromatic rings. The summed E-state index contributed by atoms with van der Waals surface area (Å²) in [5.41, 5.74) is 7.85. The minimum Gasteiger partial charge on any atom is -0.508 e. The molecule has 0 saturated heterocycles. The van der Waals surface area contributed by atoms with Crippen LogP contribution in [0.2, 0.25) is 0 Å². The zero-order chi connectivity index (χ0) is 21.8. The van der Waals surface area contributed by atoms with Crippen LogP contribution in [0.4, 0.5) is 5.69 Å². The molecule has 3 rings (SSSR count). The largest absolute Gasteiger partial charge is 0.508 e. The number of aromatic hydroxyl groups is 1. The lowest BCUT2D eigenvalue weighted by molar-refractivity contribution is -0.145. The van der Waals surface area contributed by atoms with E-state index in [-0.39, 0.29) is 24.9 Å². The fourth-order valence-corrected chi connectivity index (χ4v) is 4.28. The standard InChI is InChI=1S/C25H31NO4/c1-5-30-25(29)14-24(28)26-22-11-16(4)21(18-7-6-8-19(18)22)13-17-9-10-23(27)20(12-17)15(2)3/h9-12,15,27H,5-8,13-14H2,1-4H3,(H,26,28). The molecule has 1 amide bonds. The molecule has 5 heteroatoms. The van der Waals surface area contributed by atoms with E-state index in [4.69, 9.17) is 4.74 Å². The molecule has 0 unspecified atom stereocenters. The van der Waals surface area contributed by atoms with Crippen LogP contribution in [0.15, 0.2) is 24.3 Å². The number of rotatable bonds is 7. The Hall–Kier alpha value is -2.82. The van der Waals surface area contributed by atoms with Crippen molar-refractivity contribution < 1.29 is 19.4 Å². The highest BCUT2D eigenvalue weighted by Crippen LogP contribution is 2.36. The summed E-state index contributed by atoms with van der Waals surface area (Å²) < 4.78 is 4.87. The minimum atomic E-state index is -0.506. The summed E-state index contributed by atoms with van der Waals surface area (Å²) in [7, 11) is 0. The number of nitrogens with one attached hydrogen (secondary N) is 1. The summed E-state index contributed by atoms with van der Waals surface area (Å²) in [5.74, 6) is -0.243. The first-order valence-corrected chi connectivity index (χ1v) is 10.7. The van der Waals surface area contributed by atoms with Crippen molar-refractivity contribution in [2.75, 3.05) is 11.9 Å². The highest BCUT2D eigenvalue weighted by Gasteiger charge is 2.23. The van der Waals surface area contributed by atoms with Crippen molar-refractivity contribution in [3.05, 3.63) is 57.6 Å². The van der Waals surface area contributed by atoms with E-state index in [0.717, 1.165) is 42.5 Å². The van der Waals surface area contributed by atoms with Crippen LogP contribution in [0.3, 0.4) is 0 Å². The van der Waals surface area contributed by atoms with E-state index >= 15 is 0 Å². The first-order valence-electron chi connectivity index (χ1n) is 10.7. The van der Waals surface area contributed by atoms with Crippen LogP contribution in [-0.4, -0.2) is 23.6 Å². The molecule has 0 saturated carbocycles. The van der Waals surface area contributed by atoms with Gasteiger partial charge in [0.05, 0.1) is 6.61 Å². The predicted molar refractivity (Wildman–Crippen MR) is 118 cm³/mol. The number of esters is 1. The predicted octanol–water partition coefficient (Wildman–Crippen LogP) is 4.80. The number of fused-ring (bicyclic) bond motifs is 1. The van der Waals surface area contributed by atoms with Gasteiger partial charge >= 0.3 is 5.97 Å². The lowest BCUT2D eigenvalue weighted by atomic mass is 9.90. The highest BCUT2D eigenvalue weighted by molar-refractivity contribution is 6.02. The first-order chi connectivity index (χ1) is 14.3. The number of amides is 1. The molecule has 0 aromatic heterocycles. The smallest absolute Gasteiger partial charge is 0.315 e. The third-order valence-corrected chi connectivity index (χ3v) is 5.72. The Morgan fingerprint density at radius 1 is 1.17 bits per heavy atom. The number of phenolic OH excluding ortho intramolecular Hbond substituents is 1. The number of anilines is 1. The Morgan fingerprint density at radius 2 is 1.90 bits per heavy atom. The minimum absolute atomic E-state index is 0.258. The second kappa shape index (κ2) is 9.33. The number of aryl methyl sites for hydroxylation is 1. The molecule has 1 aliphatic rings. The van der Waals surface area contributed by atoms with Gasteiger partial charge in [-0.25, -0.2) is 0 Å². The van der Waals surface area contributed by atoms with Gasteiger partial charge in [-0.15, -0.1) is 0 Å². The molecule has 0 radical (unpaired) electrons. The summed E-state index contributed by atoms with van der Waals surface area (Å²) in [6.45, 7) is 8.22. The van der Waals surface area contributed by atoms with Crippen molar-refractivity contribution in [3.8, 4) is 5.75 Å². The maximum absolute atomic E-state index is 12.3. The number of benzene rings is 2. The van der Waals surface area contributed by atoms with Gasteiger partial charge in [0, 0.05) is 5.69 Å². The number of carbonyl (C=O) groups is 2. The summed E-state index contributed by atoms with van der Waals surface area (Å²) >= 11 is 0. The van der Waals surface area contributed by atoms with Crippen molar-refractivity contribution in [2.24, 2.45) is 0 Å². The van der Waals surface area contributed by atoms with E-state index < -0.39 is 5.97 Å². The van der Waals surface area contributed by atoms with Crippen molar-refractivity contribution in [3.63, 3.8) is 0 Å². The topological polar surface area (TPSA) is 75.6 Å². The molecule has 160 valence electrons. The molecule has 0 spiro atoms. The van der Waals surface area contributed by atoms with Crippen molar-refractivity contribution in [2.45, 2.75) is 65.7 Å². The average molecular weight is 410 g/mol. The average Bonchev–Trinajstić information content (AvgIpc) is 3.16. The van der Waals surface area contributed by atoms with Gasteiger partial charge in [-0.05, 0) is 91.0 Å². The molecule has 0 heterocycles. The first kappa shape index (κ1) is 21.9. The third kappa shape index (κ3) is 4.84. The Balaban J connectivity index is 1.87. The van der Waals surface area contributed by atoms with Crippen molar-refractivity contribution in [1.29, 1.82) is 0 Å². The molecule has 2 aromatic carbocycles. The quantitative estimate of drug-likeness (QED) is 0.509. The Kier molecular flexibility index (Phi) is 6.80. The molecule has 0 aliphatic heterocycles. The Labute approximate surface area is 178 Å². The normalized spacial score (nSPS) is 12.7. The highest BCUT2D eigenvalue weighted by atomic mass is 16.5. The monoisotopic (exact) mass is 409 g/mol. The lowest BCUT2D eigenvalue weighted by Crippen LogP contribution is -2.19. The van der Waals surface area contributed by atoms with Gasteiger partial charge in [-0.1, -0.05) is 26.0 Å². The number of hydrogen-bond donors (Lipinski definition) is 2. The van der Waals surface area contributed by atoms with Crippen molar-refractivity contribution >= 4 is 17.6 Å². The van der Waals surface area contributed by atoms with Gasteiger partial charge in [-0.2, -0.15) is 0 Å². The van der Waals surface area contributed by atoms with E-state index in [1.807, 2.05) is 12.1 Å². The Bertz CT molecular complexity index is 962. The molecule has 0 bridgehead atoms. The fourth-order valence-electron chi connectivity index (χ4n) is 4.28. The maximum Gasteiger partial charge on any atom is 0.315 e. The van der Waals surface area contributed by atoms with E-state index in [1.54, 1.807) is 13.0 Å². The van der Waals surface area contributed by atoms with Crippen LogP contribution in [0.5, 0.6) is 5.75 Å². The summed E-state index contributed by atoms with van der Waals surface area (Å²) in [6, 6.07) is 7.88. The second-order valence-corrected chi connectivity index (χ2v) is 8.28.